The standard InChI is InChI=1S/C60H49N5O8/c66-56(39-20-4-1-5-21-39)64-54-52-55(62-37-61-54)65(38-63-52)57-53(73-51-34-18-19-35-68-51)60(67,58(40-22-6-2-7-23-40)42-26-10-14-30-46(42)70-47-31-15-11-27-43(47)58)50(72-57)36-69-59(41-24-8-3-9-25-41)44-28-12-16-32-48(44)71-49-33-17-13-29-45(49)59/h1-17,20-33,37-38,50-51,53,57,67H,18-19,34-36H2,(H,61,62,64,66)/t50-,51?,53+,57-,60-/m1/s1. The van der Waals surface area contributed by atoms with E-state index in [1.165, 1.54) is 6.33 Å². The van der Waals surface area contributed by atoms with E-state index in [1.54, 1.807) is 35.2 Å². The number of aromatic nitrogens is 4. The molecule has 1 amide bonds. The maximum absolute atomic E-state index is 15.4. The van der Waals surface area contributed by atoms with Crippen LogP contribution in [0.3, 0.4) is 0 Å². The highest BCUT2D eigenvalue weighted by Crippen LogP contribution is 2.63. The summed E-state index contributed by atoms with van der Waals surface area (Å²) in [6.07, 6.45) is 0.919. The first-order chi connectivity index (χ1) is 36.0. The van der Waals surface area contributed by atoms with Gasteiger partial charge >= 0.3 is 0 Å². The van der Waals surface area contributed by atoms with E-state index in [0.717, 1.165) is 35.1 Å². The summed E-state index contributed by atoms with van der Waals surface area (Å²) in [5.74, 6) is 2.22. The molecule has 2 aromatic heterocycles. The van der Waals surface area contributed by atoms with Gasteiger partial charge in [-0.1, -0.05) is 152 Å². The molecule has 6 heterocycles. The quantitative estimate of drug-likeness (QED) is 0.128. The lowest BCUT2D eigenvalue weighted by molar-refractivity contribution is -0.239. The third-order valence-corrected chi connectivity index (χ3v) is 14.8. The van der Waals surface area contributed by atoms with Crippen LogP contribution in [-0.4, -0.2) is 67.8 Å². The van der Waals surface area contributed by atoms with Crippen LogP contribution in [0.4, 0.5) is 5.82 Å². The normalized spacial score (nSPS) is 22.2. The Bertz CT molecular complexity index is 3390. The zero-order valence-electron chi connectivity index (χ0n) is 39.5. The van der Waals surface area contributed by atoms with E-state index in [0.29, 0.717) is 63.9 Å². The number of carbonyl (C=O) groups excluding carboxylic acids is 1. The number of nitrogens with zero attached hydrogens (tertiary/aromatic N) is 4. The third kappa shape index (κ3) is 7.10. The molecule has 0 bridgehead atoms. The zero-order valence-corrected chi connectivity index (χ0v) is 39.5. The summed E-state index contributed by atoms with van der Waals surface area (Å²) in [6.45, 7) is 0.277. The first-order valence-corrected chi connectivity index (χ1v) is 24.7. The molecular formula is C60H49N5O8. The molecular weight excluding hydrogens is 919 g/mol. The van der Waals surface area contributed by atoms with Crippen LogP contribution in [-0.2, 0) is 30.0 Å². The van der Waals surface area contributed by atoms with E-state index < -0.39 is 41.3 Å². The van der Waals surface area contributed by atoms with Crippen molar-refractivity contribution in [3.05, 3.63) is 240 Å². The van der Waals surface area contributed by atoms with Crippen molar-refractivity contribution in [2.24, 2.45) is 0 Å². The number of carbonyl (C=O) groups is 1. The molecule has 2 N–H and O–H groups in total. The minimum absolute atomic E-state index is 0.199. The van der Waals surface area contributed by atoms with Crippen LogP contribution in [0.5, 0.6) is 23.0 Å². The van der Waals surface area contributed by atoms with Gasteiger partial charge in [-0.3, -0.25) is 9.36 Å². The van der Waals surface area contributed by atoms with E-state index in [4.69, 9.17) is 38.4 Å². The highest BCUT2D eigenvalue weighted by atomic mass is 16.7. The second-order valence-corrected chi connectivity index (χ2v) is 18.7. The summed E-state index contributed by atoms with van der Waals surface area (Å²) in [5, 5.41) is 18.3. The van der Waals surface area contributed by atoms with Crippen molar-refractivity contribution in [3.8, 4) is 23.0 Å². The van der Waals surface area contributed by atoms with Crippen molar-refractivity contribution < 1.29 is 38.3 Å². The Morgan fingerprint density at radius 1 is 0.644 bits per heavy atom. The van der Waals surface area contributed by atoms with Crippen molar-refractivity contribution in [2.45, 2.75) is 60.6 Å². The number of fused-ring (bicyclic) bond motifs is 5. The Balaban J connectivity index is 1.06. The molecule has 2 saturated heterocycles. The molecule has 7 aromatic carbocycles. The maximum Gasteiger partial charge on any atom is 0.256 e. The minimum atomic E-state index is -2.11. The fourth-order valence-corrected chi connectivity index (χ4v) is 11.7. The van der Waals surface area contributed by atoms with Gasteiger partial charge in [-0.25, -0.2) is 15.0 Å². The van der Waals surface area contributed by atoms with E-state index >= 15 is 5.11 Å². The van der Waals surface area contributed by atoms with E-state index in [1.807, 2.05) is 152 Å². The first kappa shape index (κ1) is 44.9. The summed E-state index contributed by atoms with van der Waals surface area (Å²) in [7, 11) is 0. The van der Waals surface area contributed by atoms with Gasteiger partial charge in [0.05, 0.1) is 18.3 Å². The van der Waals surface area contributed by atoms with Gasteiger partial charge in [-0.15, -0.1) is 0 Å². The van der Waals surface area contributed by atoms with Crippen molar-refractivity contribution in [1.29, 1.82) is 0 Å². The second kappa shape index (κ2) is 18.2. The number of aliphatic hydroxyl groups is 1. The second-order valence-electron chi connectivity index (χ2n) is 18.7. The molecule has 2 fully saturated rings. The summed E-state index contributed by atoms with van der Waals surface area (Å²) >= 11 is 0. The number of imidazole rings is 1. The summed E-state index contributed by atoms with van der Waals surface area (Å²) in [6, 6.07) is 60.4. The van der Waals surface area contributed by atoms with Crippen molar-refractivity contribution in [1.82, 2.24) is 19.5 Å². The van der Waals surface area contributed by atoms with Crippen LogP contribution >= 0.6 is 0 Å². The molecule has 362 valence electrons. The van der Waals surface area contributed by atoms with Crippen LogP contribution in [0.25, 0.3) is 11.2 Å². The molecule has 4 aliphatic heterocycles. The predicted molar refractivity (Wildman–Crippen MR) is 272 cm³/mol. The van der Waals surface area contributed by atoms with Gasteiger partial charge in [-0.2, -0.15) is 0 Å². The monoisotopic (exact) mass is 967 g/mol. The number of benzene rings is 7. The summed E-state index contributed by atoms with van der Waals surface area (Å²) < 4.78 is 44.4. The number of rotatable bonds is 11. The van der Waals surface area contributed by atoms with Gasteiger partial charge in [0.15, 0.2) is 35.1 Å². The van der Waals surface area contributed by atoms with Gasteiger partial charge in [0.1, 0.15) is 47.1 Å². The van der Waals surface area contributed by atoms with Crippen LogP contribution in [0.1, 0.15) is 69.2 Å². The lowest BCUT2D eigenvalue weighted by Crippen LogP contribution is -2.66. The van der Waals surface area contributed by atoms with Crippen LogP contribution < -0.4 is 14.8 Å². The van der Waals surface area contributed by atoms with Gasteiger partial charge in [0, 0.05) is 34.4 Å². The average Bonchev–Trinajstić information content (AvgIpc) is 4.02. The van der Waals surface area contributed by atoms with E-state index in [-0.39, 0.29) is 18.3 Å². The topological polar surface area (TPSA) is 148 Å². The molecule has 13 rings (SSSR count). The number of ether oxygens (including phenoxy) is 6. The largest absolute Gasteiger partial charge is 0.457 e. The Morgan fingerprint density at radius 2 is 1.19 bits per heavy atom. The average molecular weight is 968 g/mol. The molecule has 73 heavy (non-hydrogen) atoms. The van der Waals surface area contributed by atoms with E-state index in [9.17, 15) is 4.79 Å². The highest BCUT2D eigenvalue weighted by molar-refractivity contribution is 6.06. The van der Waals surface area contributed by atoms with Crippen molar-refractivity contribution >= 4 is 22.9 Å². The smallest absolute Gasteiger partial charge is 0.256 e. The Kier molecular flexibility index (Phi) is 11.2. The highest BCUT2D eigenvalue weighted by Gasteiger charge is 2.72. The molecule has 0 aliphatic carbocycles. The number of para-hydroxylation sites is 4. The van der Waals surface area contributed by atoms with E-state index in [2.05, 4.69) is 22.4 Å². The molecule has 9 aromatic rings. The third-order valence-electron chi connectivity index (χ3n) is 14.8. The van der Waals surface area contributed by atoms with Crippen LogP contribution in [0, 0.1) is 0 Å². The number of hydrogen-bond donors (Lipinski definition) is 2. The van der Waals surface area contributed by atoms with Gasteiger partial charge in [0.25, 0.3) is 5.91 Å². The molecule has 0 saturated carbocycles. The molecule has 0 spiro atoms. The number of anilines is 1. The Hall–Kier alpha value is -8.04. The first-order valence-electron chi connectivity index (χ1n) is 24.7. The fraction of sp³-hybridized carbons (Fsp3) is 0.200. The van der Waals surface area contributed by atoms with Gasteiger partial charge in [-0.05, 0) is 66.8 Å². The molecule has 1 unspecified atom stereocenters. The lowest BCUT2D eigenvalue weighted by Gasteiger charge is -2.53. The molecule has 0 radical (unpaired) electrons. The van der Waals surface area contributed by atoms with Crippen LogP contribution in [0.2, 0.25) is 0 Å². The summed E-state index contributed by atoms with van der Waals surface area (Å²) in [4.78, 5) is 27.8. The van der Waals surface area contributed by atoms with Crippen LogP contribution in [0.15, 0.2) is 201 Å². The Morgan fingerprint density at radius 3 is 1.79 bits per heavy atom. The number of hydrogen-bond acceptors (Lipinski definition) is 11. The Labute approximate surface area is 420 Å². The SMILES string of the molecule is O=C(Nc1ncnc2c1ncn2[C@@H]1O[C@H](COC2(c3ccccc3)c3ccccc3Oc3ccccc32)[C@](O)(C2(c3ccccc3)c3ccccc3Oc3ccccc32)[C@H]1OC1CCCCO1)c1ccccc1. The molecule has 13 heteroatoms. The van der Waals surface area contributed by atoms with Gasteiger partial charge in [0.2, 0.25) is 0 Å². The molecule has 4 aliphatic rings. The fourth-order valence-electron chi connectivity index (χ4n) is 11.7. The minimum Gasteiger partial charge on any atom is -0.457 e. The predicted octanol–water partition coefficient (Wildman–Crippen LogP) is 10.9. The lowest BCUT2D eigenvalue weighted by atomic mass is 9.55. The summed E-state index contributed by atoms with van der Waals surface area (Å²) in [5.41, 5.74) is 0.779. The van der Waals surface area contributed by atoms with Crippen molar-refractivity contribution in [3.63, 3.8) is 0 Å². The zero-order chi connectivity index (χ0) is 49.0. The number of nitrogens with one attached hydrogen (secondary N) is 1. The molecule has 5 atom stereocenters. The van der Waals surface area contributed by atoms with Gasteiger partial charge < -0.3 is 38.8 Å². The van der Waals surface area contributed by atoms with Crippen molar-refractivity contribution in [2.75, 3.05) is 18.5 Å². The maximum atomic E-state index is 15.4. The molecule has 13 nitrogen and oxygen atoms in total. The number of amides is 1.